The van der Waals surface area contributed by atoms with Crippen LogP contribution in [0.25, 0.3) is 0 Å². The maximum Gasteiger partial charge on any atom is 0.354 e. The van der Waals surface area contributed by atoms with Gasteiger partial charge < -0.3 is 10.2 Å². The van der Waals surface area contributed by atoms with Gasteiger partial charge in [-0.15, -0.1) is 11.8 Å². The molecule has 1 unspecified atom stereocenters. The molecule has 0 aromatic carbocycles. The predicted octanol–water partition coefficient (Wildman–Crippen LogP) is 0.929. The van der Waals surface area contributed by atoms with Crippen LogP contribution in [-0.4, -0.2) is 74.9 Å². The molecule has 2 fully saturated rings. The van der Waals surface area contributed by atoms with E-state index in [9.17, 15) is 24.2 Å². The fourth-order valence-electron chi connectivity index (χ4n) is 3.20. The Balaban J connectivity index is 1.72. The molecule has 23 heavy (non-hydrogen) atoms. The van der Waals surface area contributed by atoms with Gasteiger partial charge in [-0.2, -0.15) is 0 Å². The molecule has 9 heteroatoms. The first kappa shape index (κ1) is 17.1. The molecule has 2 saturated heterocycles. The molecule has 4 atom stereocenters. The molecule has 0 spiro atoms. The third-order valence-electron chi connectivity index (χ3n) is 4.37. The molecule has 0 aromatic heterocycles. The zero-order valence-electron chi connectivity index (χ0n) is 12.6. The maximum atomic E-state index is 12.4. The number of aliphatic carboxylic acids is 1. The minimum absolute atomic E-state index is 0.0378. The van der Waals surface area contributed by atoms with E-state index in [1.807, 2.05) is 4.90 Å². The molecule has 0 aromatic rings. The average molecular weight is 362 g/mol. The molecule has 128 valence electrons. The molecule has 0 bridgehead atoms. The lowest BCUT2D eigenvalue weighted by Crippen LogP contribution is -2.60. The molecule has 3 heterocycles. The van der Waals surface area contributed by atoms with E-state index >= 15 is 0 Å². The Hall–Kier alpha value is -0.770. The van der Waals surface area contributed by atoms with Gasteiger partial charge in [0.2, 0.25) is 5.91 Å². The van der Waals surface area contributed by atoms with Crippen LogP contribution >= 0.6 is 23.5 Å². The molecule has 0 saturated carbocycles. The van der Waals surface area contributed by atoms with Crippen molar-refractivity contribution in [3.05, 3.63) is 9.93 Å². The summed E-state index contributed by atoms with van der Waals surface area (Å²) in [4.78, 5) is 27.0. The van der Waals surface area contributed by atoms with E-state index in [0.29, 0.717) is 10.8 Å². The number of carbonyl (C=O) groups excluding carboxylic acids is 1. The van der Waals surface area contributed by atoms with Crippen LogP contribution in [0.3, 0.4) is 0 Å². The monoisotopic (exact) mass is 362 g/mol. The van der Waals surface area contributed by atoms with Gasteiger partial charge in [-0.1, -0.05) is 11.8 Å². The zero-order chi connectivity index (χ0) is 16.7. The smallest absolute Gasteiger partial charge is 0.354 e. The maximum absolute atomic E-state index is 12.4. The molecule has 1 amide bonds. The molecule has 6 nitrogen and oxygen atoms in total. The van der Waals surface area contributed by atoms with Crippen molar-refractivity contribution in [2.75, 3.05) is 26.3 Å². The number of likely N-dealkylation sites (tertiary alicyclic amines) is 1. The van der Waals surface area contributed by atoms with E-state index in [1.165, 1.54) is 28.4 Å². The Morgan fingerprint density at radius 1 is 1.57 bits per heavy atom. The minimum Gasteiger partial charge on any atom is -0.477 e. The number of halogens is 1. The number of fused-ring (bicyclic) bond motifs is 1. The second-order valence-electron chi connectivity index (χ2n) is 5.94. The van der Waals surface area contributed by atoms with E-state index in [2.05, 4.69) is 0 Å². The third-order valence-corrected chi connectivity index (χ3v) is 7.23. The van der Waals surface area contributed by atoms with Gasteiger partial charge in [0.15, 0.2) is 5.70 Å². The van der Waals surface area contributed by atoms with Crippen molar-refractivity contribution in [3.63, 3.8) is 0 Å². The Bertz CT molecular complexity index is 557. The fraction of sp³-hybridized carbons (Fsp3) is 0.714. The van der Waals surface area contributed by atoms with E-state index in [0.717, 1.165) is 19.5 Å². The Morgan fingerprint density at radius 2 is 2.30 bits per heavy atom. The Labute approximate surface area is 142 Å². The Kier molecular flexibility index (Phi) is 4.91. The summed E-state index contributed by atoms with van der Waals surface area (Å²) >= 11 is 2.82. The number of thioether (sulfide) groups is 2. The average Bonchev–Trinajstić information content (AvgIpc) is 3.02. The highest BCUT2D eigenvalue weighted by atomic mass is 32.2. The number of carbonyl (C=O) groups is 2. The van der Waals surface area contributed by atoms with Crippen molar-refractivity contribution in [1.29, 1.82) is 0 Å². The number of β-lactam (4-membered cyclic amide) rings is 1. The van der Waals surface area contributed by atoms with Crippen molar-refractivity contribution < 1.29 is 24.2 Å². The summed E-state index contributed by atoms with van der Waals surface area (Å²) in [5, 5.41) is 19.0. The summed E-state index contributed by atoms with van der Waals surface area (Å²) in [5.74, 6) is -1.98. The highest BCUT2D eigenvalue weighted by molar-refractivity contribution is 8.23. The van der Waals surface area contributed by atoms with Gasteiger partial charge in [-0.25, -0.2) is 9.18 Å². The summed E-state index contributed by atoms with van der Waals surface area (Å²) < 4.78 is 13.0. The molecule has 3 aliphatic rings. The second-order valence-corrected chi connectivity index (χ2v) is 8.64. The Morgan fingerprint density at radius 3 is 2.91 bits per heavy atom. The topological polar surface area (TPSA) is 81.1 Å². The van der Waals surface area contributed by atoms with Crippen LogP contribution in [0.15, 0.2) is 9.93 Å². The number of hydrogen-bond donors (Lipinski definition) is 2. The van der Waals surface area contributed by atoms with Crippen LogP contribution in [0.4, 0.5) is 4.39 Å². The van der Waals surface area contributed by atoms with E-state index in [1.54, 1.807) is 6.92 Å². The van der Waals surface area contributed by atoms with Gasteiger partial charge in [0, 0.05) is 18.3 Å². The molecule has 2 N–H and O–H groups in total. The molecular weight excluding hydrogens is 343 g/mol. The number of carboxylic acids is 1. The van der Waals surface area contributed by atoms with Crippen LogP contribution < -0.4 is 0 Å². The van der Waals surface area contributed by atoms with E-state index in [-0.39, 0.29) is 28.9 Å². The summed E-state index contributed by atoms with van der Waals surface area (Å²) in [7, 11) is 0. The highest BCUT2D eigenvalue weighted by Crippen LogP contribution is 2.55. The van der Waals surface area contributed by atoms with Crippen molar-refractivity contribution >= 4 is 35.4 Å². The largest absolute Gasteiger partial charge is 0.477 e. The van der Waals surface area contributed by atoms with Gasteiger partial charge in [0.1, 0.15) is 12.0 Å². The fourth-order valence-corrected chi connectivity index (χ4v) is 6.56. The molecular formula is C14H19FN2O4S2. The number of rotatable bonds is 6. The first-order valence-electron chi connectivity index (χ1n) is 7.54. The van der Waals surface area contributed by atoms with Crippen LogP contribution in [0.1, 0.15) is 13.3 Å². The zero-order valence-corrected chi connectivity index (χ0v) is 14.3. The lowest BCUT2D eigenvalue weighted by atomic mass is 9.92. The van der Waals surface area contributed by atoms with Crippen molar-refractivity contribution in [2.24, 2.45) is 5.92 Å². The lowest BCUT2D eigenvalue weighted by molar-refractivity contribution is -0.156. The quantitative estimate of drug-likeness (QED) is 0.680. The van der Waals surface area contributed by atoms with Crippen LogP contribution in [-0.2, 0) is 9.59 Å². The normalized spacial score (nSPS) is 32.2. The first-order chi connectivity index (χ1) is 10.9. The van der Waals surface area contributed by atoms with E-state index < -0.39 is 18.0 Å². The molecule has 3 aliphatic heterocycles. The second kappa shape index (κ2) is 6.62. The van der Waals surface area contributed by atoms with Gasteiger partial charge in [-0.05, 0) is 19.9 Å². The van der Waals surface area contributed by atoms with Gasteiger partial charge in [0.05, 0.1) is 16.3 Å². The standard InChI is InChI=1S/C14H19FN2O4S2/c1-7(18)9-11(19)17-10(13(20)21)14(23-12(9)17)22-8-2-4-16(6-8)5-3-15/h7-9,12,18H,2-6H2,1H3,(H,20,21)/t7-,8?,9+,12+/m0/s1. The SMILES string of the molecule is C[C@H](O)[C@@H]1C(=O)N2C(C(=O)O)=C(SC3CCN(CCF)C3)S[C@H]12. The third kappa shape index (κ3) is 2.99. The minimum atomic E-state index is -1.11. The number of hydrogen-bond acceptors (Lipinski definition) is 6. The number of aliphatic hydroxyl groups excluding tert-OH is 1. The van der Waals surface area contributed by atoms with Gasteiger partial charge in [0.25, 0.3) is 0 Å². The predicted molar refractivity (Wildman–Crippen MR) is 86.5 cm³/mol. The number of aliphatic hydroxyl groups is 1. The summed E-state index contributed by atoms with van der Waals surface area (Å²) in [6.07, 6.45) is 0.0854. The molecule has 0 aliphatic carbocycles. The first-order valence-corrected chi connectivity index (χ1v) is 9.30. The van der Waals surface area contributed by atoms with Gasteiger partial charge >= 0.3 is 5.97 Å². The van der Waals surface area contributed by atoms with Crippen LogP contribution in [0, 0.1) is 5.92 Å². The lowest BCUT2D eigenvalue weighted by Gasteiger charge is -2.43. The number of nitrogens with zero attached hydrogens (tertiary/aromatic N) is 2. The summed E-state index contributed by atoms with van der Waals surface area (Å²) in [6, 6.07) is 0. The summed E-state index contributed by atoms with van der Waals surface area (Å²) in [6.45, 7) is 3.12. The van der Waals surface area contributed by atoms with Gasteiger partial charge in [-0.3, -0.25) is 14.6 Å². The van der Waals surface area contributed by atoms with Crippen molar-refractivity contribution in [1.82, 2.24) is 9.80 Å². The molecule has 3 rings (SSSR count). The highest BCUT2D eigenvalue weighted by Gasteiger charge is 2.58. The molecule has 0 radical (unpaired) electrons. The van der Waals surface area contributed by atoms with Crippen LogP contribution in [0.2, 0.25) is 0 Å². The summed E-state index contributed by atoms with van der Waals surface area (Å²) in [5.41, 5.74) is 0.0378. The number of amides is 1. The number of alkyl halides is 1. The van der Waals surface area contributed by atoms with Crippen molar-refractivity contribution in [3.8, 4) is 0 Å². The van der Waals surface area contributed by atoms with Crippen molar-refractivity contribution in [2.45, 2.75) is 30.1 Å². The van der Waals surface area contributed by atoms with E-state index in [4.69, 9.17) is 0 Å². The van der Waals surface area contributed by atoms with Crippen LogP contribution in [0.5, 0.6) is 0 Å². The number of carboxylic acid groups (broad SMARTS) is 1.